The average Bonchev–Trinajstić information content (AvgIpc) is 3.09. The summed E-state index contributed by atoms with van der Waals surface area (Å²) in [5.74, 6) is 1.73. The van der Waals surface area contributed by atoms with Crippen molar-refractivity contribution in [2.24, 2.45) is 0 Å². The van der Waals surface area contributed by atoms with Crippen molar-refractivity contribution in [3.05, 3.63) is 65.5 Å². The van der Waals surface area contributed by atoms with E-state index >= 15 is 0 Å². The molecule has 0 saturated heterocycles. The van der Waals surface area contributed by atoms with Gasteiger partial charge in [0.1, 0.15) is 11.5 Å². The third kappa shape index (κ3) is 3.29. The highest BCUT2D eigenvalue weighted by Crippen LogP contribution is 2.29. The van der Waals surface area contributed by atoms with E-state index in [1.807, 2.05) is 42.5 Å². The van der Waals surface area contributed by atoms with Crippen molar-refractivity contribution in [3.63, 3.8) is 0 Å². The number of carbonyl (C=O) groups excluding carboxylic acids is 2. The molecule has 6 heteroatoms. The van der Waals surface area contributed by atoms with Crippen LogP contribution in [0.15, 0.2) is 52.9 Å². The average molecular weight is 376 g/mol. The summed E-state index contributed by atoms with van der Waals surface area (Å²) in [5.41, 5.74) is 2.64. The number of fused-ring (bicyclic) bond motifs is 1. The topological polar surface area (TPSA) is 72.6 Å². The van der Waals surface area contributed by atoms with Gasteiger partial charge < -0.3 is 14.1 Å². The molecular formula is C22H20N2O4. The highest BCUT2D eigenvalue weighted by atomic mass is 16.5. The Hall–Kier alpha value is -3.41. The lowest BCUT2D eigenvalue weighted by Gasteiger charge is -2.28. The molecular weight excluding hydrogens is 356 g/mol. The van der Waals surface area contributed by atoms with Gasteiger partial charge in [0.25, 0.3) is 0 Å². The Morgan fingerprint density at radius 1 is 1.21 bits per heavy atom. The second kappa shape index (κ2) is 7.31. The first-order valence-electron chi connectivity index (χ1n) is 9.10. The number of nitrogens with zero attached hydrogens (tertiary/aromatic N) is 2. The second-order valence-corrected chi connectivity index (χ2v) is 6.67. The fourth-order valence-electron chi connectivity index (χ4n) is 3.38. The van der Waals surface area contributed by atoms with Gasteiger partial charge in [-0.25, -0.2) is 4.98 Å². The summed E-state index contributed by atoms with van der Waals surface area (Å²) in [4.78, 5) is 31.2. The molecule has 4 rings (SSSR count). The standard InChI is InChI=1S/C22H20N2O4/c1-14-18(23-22(28-14)15-6-5-7-16(12-15)27-2)13-21(26)24-11-10-20(25)17-8-3-4-9-19(17)24/h3-9,12H,10-11,13H2,1-2H3. The number of ether oxygens (including phenoxy) is 1. The lowest BCUT2D eigenvalue weighted by molar-refractivity contribution is -0.118. The molecule has 1 aliphatic rings. The highest BCUT2D eigenvalue weighted by Gasteiger charge is 2.28. The molecule has 2 heterocycles. The maximum Gasteiger partial charge on any atom is 0.233 e. The minimum Gasteiger partial charge on any atom is -0.497 e. The van der Waals surface area contributed by atoms with E-state index in [0.29, 0.717) is 47.3 Å². The van der Waals surface area contributed by atoms with Crippen molar-refractivity contribution in [2.45, 2.75) is 19.8 Å². The lowest BCUT2D eigenvalue weighted by Crippen LogP contribution is -2.38. The van der Waals surface area contributed by atoms with Gasteiger partial charge in [0.05, 0.1) is 24.9 Å². The van der Waals surface area contributed by atoms with Crippen LogP contribution in [0.3, 0.4) is 0 Å². The highest BCUT2D eigenvalue weighted by molar-refractivity contribution is 6.09. The molecule has 3 aromatic rings. The molecule has 142 valence electrons. The number of carbonyl (C=O) groups is 2. The Morgan fingerprint density at radius 2 is 2.04 bits per heavy atom. The van der Waals surface area contributed by atoms with Crippen molar-refractivity contribution < 1.29 is 18.7 Å². The van der Waals surface area contributed by atoms with Gasteiger partial charge in [0.15, 0.2) is 5.78 Å². The Morgan fingerprint density at radius 3 is 2.86 bits per heavy atom. The number of methoxy groups -OCH3 is 1. The summed E-state index contributed by atoms with van der Waals surface area (Å²) in [6.45, 7) is 2.18. The predicted octanol–water partition coefficient (Wildman–Crippen LogP) is 3.82. The van der Waals surface area contributed by atoms with Gasteiger partial charge in [0.2, 0.25) is 11.8 Å². The van der Waals surface area contributed by atoms with Gasteiger partial charge in [-0.15, -0.1) is 0 Å². The lowest BCUT2D eigenvalue weighted by atomic mass is 10.00. The quantitative estimate of drug-likeness (QED) is 0.692. The Balaban J connectivity index is 1.58. The van der Waals surface area contributed by atoms with Gasteiger partial charge in [-0.3, -0.25) is 9.59 Å². The SMILES string of the molecule is COc1cccc(-c2nc(CC(=O)N3CCC(=O)c4ccccc43)c(C)o2)c1. The molecule has 0 saturated carbocycles. The van der Waals surface area contributed by atoms with Crippen molar-refractivity contribution in [3.8, 4) is 17.2 Å². The molecule has 2 aromatic carbocycles. The van der Waals surface area contributed by atoms with Crippen LogP contribution in [0.2, 0.25) is 0 Å². The van der Waals surface area contributed by atoms with Gasteiger partial charge in [-0.2, -0.15) is 0 Å². The number of Topliss-reactive ketones (excluding diaryl/α,β-unsaturated/α-hetero) is 1. The summed E-state index contributed by atoms with van der Waals surface area (Å²) in [5, 5.41) is 0. The van der Waals surface area contributed by atoms with E-state index < -0.39 is 0 Å². The zero-order valence-corrected chi connectivity index (χ0v) is 15.8. The fraction of sp³-hybridized carbons (Fsp3) is 0.227. The number of aryl methyl sites for hydroxylation is 1. The molecule has 0 aliphatic carbocycles. The van der Waals surface area contributed by atoms with E-state index in [-0.39, 0.29) is 18.1 Å². The largest absolute Gasteiger partial charge is 0.497 e. The molecule has 1 aromatic heterocycles. The Labute approximate surface area is 162 Å². The number of hydrogen-bond acceptors (Lipinski definition) is 5. The molecule has 0 fully saturated rings. The van der Waals surface area contributed by atoms with E-state index in [9.17, 15) is 9.59 Å². The monoisotopic (exact) mass is 376 g/mol. The van der Waals surface area contributed by atoms with Crippen molar-refractivity contribution in [1.82, 2.24) is 4.98 Å². The minimum atomic E-state index is -0.103. The number of aromatic nitrogens is 1. The summed E-state index contributed by atoms with van der Waals surface area (Å²) in [6, 6.07) is 14.6. The third-order valence-corrected chi connectivity index (χ3v) is 4.89. The van der Waals surface area contributed by atoms with Crippen LogP contribution >= 0.6 is 0 Å². The molecule has 1 amide bonds. The maximum atomic E-state index is 12.9. The van der Waals surface area contributed by atoms with Crippen LogP contribution in [0.4, 0.5) is 5.69 Å². The molecule has 0 bridgehead atoms. The van der Waals surface area contributed by atoms with E-state index in [2.05, 4.69) is 4.98 Å². The van der Waals surface area contributed by atoms with Gasteiger partial charge in [-0.05, 0) is 37.3 Å². The number of benzene rings is 2. The first kappa shape index (κ1) is 18.0. The number of oxazole rings is 1. The number of anilines is 1. The number of ketones is 1. The zero-order valence-electron chi connectivity index (χ0n) is 15.8. The zero-order chi connectivity index (χ0) is 19.7. The summed E-state index contributed by atoms with van der Waals surface area (Å²) in [7, 11) is 1.60. The van der Waals surface area contributed by atoms with E-state index in [4.69, 9.17) is 9.15 Å². The Bertz CT molecular complexity index is 1050. The molecule has 6 nitrogen and oxygen atoms in total. The fourth-order valence-corrected chi connectivity index (χ4v) is 3.38. The number of para-hydroxylation sites is 1. The third-order valence-electron chi connectivity index (χ3n) is 4.89. The molecule has 0 unspecified atom stereocenters. The molecule has 0 N–H and O–H groups in total. The predicted molar refractivity (Wildman–Crippen MR) is 105 cm³/mol. The molecule has 0 radical (unpaired) electrons. The van der Waals surface area contributed by atoms with Crippen LogP contribution in [0, 0.1) is 6.92 Å². The van der Waals surface area contributed by atoms with E-state index in [1.165, 1.54) is 0 Å². The summed E-state index contributed by atoms with van der Waals surface area (Å²) < 4.78 is 11.0. The molecule has 1 aliphatic heterocycles. The minimum absolute atomic E-state index is 0.0672. The first-order chi connectivity index (χ1) is 13.6. The van der Waals surface area contributed by atoms with Crippen molar-refractivity contribution >= 4 is 17.4 Å². The smallest absolute Gasteiger partial charge is 0.233 e. The second-order valence-electron chi connectivity index (χ2n) is 6.67. The van der Waals surface area contributed by atoms with Crippen LogP contribution < -0.4 is 9.64 Å². The Kier molecular flexibility index (Phi) is 4.69. The number of amides is 1. The van der Waals surface area contributed by atoms with Crippen LogP contribution in [0.1, 0.15) is 28.2 Å². The van der Waals surface area contributed by atoms with Gasteiger partial charge in [0, 0.05) is 24.1 Å². The summed E-state index contributed by atoms with van der Waals surface area (Å²) in [6.07, 6.45) is 0.442. The van der Waals surface area contributed by atoms with Crippen molar-refractivity contribution in [1.29, 1.82) is 0 Å². The number of rotatable bonds is 4. The van der Waals surface area contributed by atoms with Crippen LogP contribution in [0.5, 0.6) is 5.75 Å². The van der Waals surface area contributed by atoms with Crippen LogP contribution in [0.25, 0.3) is 11.5 Å². The normalized spacial score (nSPS) is 13.4. The summed E-state index contributed by atoms with van der Waals surface area (Å²) >= 11 is 0. The van der Waals surface area contributed by atoms with Crippen molar-refractivity contribution in [2.75, 3.05) is 18.6 Å². The first-order valence-corrected chi connectivity index (χ1v) is 9.10. The molecule has 28 heavy (non-hydrogen) atoms. The van der Waals surface area contributed by atoms with Crippen LogP contribution in [-0.2, 0) is 11.2 Å². The van der Waals surface area contributed by atoms with Crippen LogP contribution in [-0.4, -0.2) is 30.3 Å². The molecule has 0 atom stereocenters. The van der Waals surface area contributed by atoms with E-state index in [1.54, 1.807) is 25.0 Å². The van der Waals surface area contributed by atoms with E-state index in [0.717, 1.165) is 5.56 Å². The molecule has 0 spiro atoms. The van der Waals surface area contributed by atoms with Gasteiger partial charge >= 0.3 is 0 Å². The number of hydrogen-bond donors (Lipinski definition) is 0. The maximum absolute atomic E-state index is 12.9. The van der Waals surface area contributed by atoms with Gasteiger partial charge in [-0.1, -0.05) is 18.2 Å².